The molecule has 0 saturated carbocycles. The minimum atomic E-state index is -0.945. The number of piperidine rings is 1. The normalized spacial score (nSPS) is 16.8. The van der Waals surface area contributed by atoms with E-state index in [1.807, 2.05) is 24.3 Å². The summed E-state index contributed by atoms with van der Waals surface area (Å²) in [6, 6.07) is 9.24. The van der Waals surface area contributed by atoms with Crippen molar-refractivity contribution in [2.45, 2.75) is 25.5 Å². The average Bonchev–Trinajstić information content (AvgIpc) is 2.93. The van der Waals surface area contributed by atoms with Crippen LogP contribution in [0.3, 0.4) is 0 Å². The van der Waals surface area contributed by atoms with Gasteiger partial charge in [-0.15, -0.1) is 0 Å². The first-order valence-electron chi connectivity index (χ1n) is 12.9. The number of pyridine rings is 1. The Morgan fingerprint density at radius 1 is 1.00 bits per heavy atom. The highest BCUT2D eigenvalue weighted by molar-refractivity contribution is 6.35. The minimum absolute atomic E-state index is 0.0398. The summed E-state index contributed by atoms with van der Waals surface area (Å²) in [4.78, 5) is 29.0. The van der Waals surface area contributed by atoms with Gasteiger partial charge in [0.1, 0.15) is 6.61 Å². The van der Waals surface area contributed by atoms with Crippen LogP contribution in [-0.2, 0) is 16.1 Å². The van der Waals surface area contributed by atoms with Crippen molar-refractivity contribution in [2.24, 2.45) is 0 Å². The quantitative estimate of drug-likeness (QED) is 0.388. The minimum Gasteiger partial charge on any atom is -0.480 e. The fourth-order valence-corrected chi connectivity index (χ4v) is 5.27. The van der Waals surface area contributed by atoms with Crippen molar-refractivity contribution < 1.29 is 19.4 Å². The molecule has 10 nitrogen and oxygen atoms in total. The summed E-state index contributed by atoms with van der Waals surface area (Å²) in [6.45, 7) is 5.52. The third-order valence-electron chi connectivity index (χ3n) is 6.64. The molecule has 3 aromatic rings. The van der Waals surface area contributed by atoms with E-state index in [0.717, 1.165) is 63.2 Å². The molecule has 0 atom stereocenters. The number of ether oxygens (including phenoxy) is 2. The zero-order valence-corrected chi connectivity index (χ0v) is 22.9. The van der Waals surface area contributed by atoms with Gasteiger partial charge in [0.2, 0.25) is 11.8 Å². The van der Waals surface area contributed by atoms with Gasteiger partial charge in [0, 0.05) is 67.5 Å². The molecule has 0 amide bonds. The fourth-order valence-electron chi connectivity index (χ4n) is 4.74. The molecule has 0 unspecified atom stereocenters. The molecule has 12 heteroatoms. The molecule has 2 aliphatic heterocycles. The third-order valence-corrected chi connectivity index (χ3v) is 7.08. The number of piperazine rings is 1. The van der Waals surface area contributed by atoms with E-state index in [-0.39, 0.29) is 12.7 Å². The first-order chi connectivity index (χ1) is 18.9. The van der Waals surface area contributed by atoms with Crippen LogP contribution in [0.25, 0.3) is 11.3 Å². The van der Waals surface area contributed by atoms with Crippen molar-refractivity contribution in [3.63, 3.8) is 0 Å². The monoisotopic (exact) mass is 572 g/mol. The molecule has 206 valence electrons. The van der Waals surface area contributed by atoms with Gasteiger partial charge in [-0.3, -0.25) is 4.90 Å². The van der Waals surface area contributed by atoms with E-state index in [9.17, 15) is 4.79 Å². The van der Waals surface area contributed by atoms with Crippen LogP contribution in [0.2, 0.25) is 10.0 Å². The largest absolute Gasteiger partial charge is 0.480 e. The number of aliphatic carboxylic acids is 1. The van der Waals surface area contributed by atoms with Crippen molar-refractivity contribution in [2.75, 3.05) is 50.8 Å². The molecule has 2 N–H and O–H groups in total. The molecular formula is C27H30Cl2N6O4. The predicted octanol–water partition coefficient (Wildman–Crippen LogP) is 4.11. The van der Waals surface area contributed by atoms with E-state index in [4.69, 9.17) is 42.8 Å². The van der Waals surface area contributed by atoms with Crippen LogP contribution >= 0.6 is 23.2 Å². The first kappa shape index (κ1) is 27.5. The number of aromatic nitrogens is 3. The van der Waals surface area contributed by atoms with Gasteiger partial charge in [0.25, 0.3) is 0 Å². The predicted molar refractivity (Wildman–Crippen MR) is 149 cm³/mol. The van der Waals surface area contributed by atoms with E-state index in [1.165, 1.54) is 0 Å². The number of rotatable bonds is 9. The fraction of sp³-hybridized carbons (Fsp3) is 0.407. The second-order valence-electron chi connectivity index (χ2n) is 9.60. The maximum atomic E-state index is 10.8. The number of hydrogen-bond acceptors (Lipinski definition) is 9. The molecule has 1 aromatic carbocycles. The smallest absolute Gasteiger partial charge is 0.329 e. The number of carbonyl (C=O) groups is 1. The van der Waals surface area contributed by atoms with Crippen LogP contribution in [-0.4, -0.2) is 82.9 Å². The topological polar surface area (TPSA) is 113 Å². The first-order valence-corrected chi connectivity index (χ1v) is 13.7. The van der Waals surface area contributed by atoms with Gasteiger partial charge in [-0.25, -0.2) is 19.7 Å². The Morgan fingerprint density at radius 3 is 2.36 bits per heavy atom. The van der Waals surface area contributed by atoms with Crippen LogP contribution in [0, 0.1) is 0 Å². The van der Waals surface area contributed by atoms with Gasteiger partial charge in [-0.05, 0) is 42.7 Å². The second-order valence-corrected chi connectivity index (χ2v) is 10.5. The molecule has 2 aromatic heterocycles. The highest BCUT2D eigenvalue weighted by atomic mass is 35.5. The maximum Gasteiger partial charge on any atom is 0.329 e. The summed E-state index contributed by atoms with van der Waals surface area (Å²) in [5.74, 6) is 0.636. The average molecular weight is 573 g/mol. The molecule has 2 aliphatic rings. The van der Waals surface area contributed by atoms with Crippen molar-refractivity contribution in [3.8, 4) is 22.9 Å². The van der Waals surface area contributed by atoms with Crippen LogP contribution in [0.4, 0.5) is 5.95 Å². The lowest BCUT2D eigenvalue weighted by Gasteiger charge is -2.31. The number of likely N-dealkylation sites (tertiary alicyclic amines) is 1. The number of anilines is 1. The Balaban J connectivity index is 1.33. The number of carboxylic acids is 1. The van der Waals surface area contributed by atoms with Crippen LogP contribution in [0.15, 0.2) is 42.7 Å². The highest BCUT2D eigenvalue weighted by Gasteiger charge is 2.21. The van der Waals surface area contributed by atoms with Crippen molar-refractivity contribution >= 4 is 35.1 Å². The lowest BCUT2D eigenvalue weighted by Crippen LogP contribution is -2.44. The second kappa shape index (κ2) is 12.9. The molecular weight excluding hydrogens is 543 g/mol. The third kappa shape index (κ3) is 7.77. The Morgan fingerprint density at radius 2 is 1.69 bits per heavy atom. The lowest BCUT2D eigenvalue weighted by atomic mass is 10.1. The molecule has 0 spiro atoms. The molecule has 0 radical (unpaired) electrons. The summed E-state index contributed by atoms with van der Waals surface area (Å²) >= 11 is 12.6. The van der Waals surface area contributed by atoms with Gasteiger partial charge in [0.05, 0.1) is 24.2 Å². The number of nitrogens with one attached hydrogen (secondary N) is 1. The number of benzene rings is 1. The SMILES string of the molecule is O=C(O)COC1CCN(Cc2cc(Oc3cnc(N4CCNCC4)nc3)nc(-c3cc(Cl)cc(Cl)c3)c2)CC1. The number of hydrogen-bond donors (Lipinski definition) is 2. The molecule has 5 rings (SSSR count). The van der Waals surface area contributed by atoms with E-state index < -0.39 is 5.97 Å². The molecule has 2 saturated heterocycles. The van der Waals surface area contributed by atoms with Crippen LogP contribution < -0.4 is 15.0 Å². The molecule has 39 heavy (non-hydrogen) atoms. The Hall–Kier alpha value is -3.02. The number of halogens is 2. The van der Waals surface area contributed by atoms with Crippen molar-refractivity contribution in [3.05, 3.63) is 58.3 Å². The zero-order chi connectivity index (χ0) is 27.2. The van der Waals surface area contributed by atoms with Crippen LogP contribution in [0.1, 0.15) is 18.4 Å². The summed E-state index contributed by atoms with van der Waals surface area (Å²) < 4.78 is 11.6. The summed E-state index contributed by atoms with van der Waals surface area (Å²) in [5.41, 5.74) is 2.48. The van der Waals surface area contributed by atoms with Gasteiger partial charge in [-0.1, -0.05) is 23.2 Å². The van der Waals surface area contributed by atoms with Gasteiger partial charge in [0.15, 0.2) is 5.75 Å². The van der Waals surface area contributed by atoms with E-state index >= 15 is 0 Å². The molecule has 0 bridgehead atoms. The number of carboxylic acid groups (broad SMARTS) is 1. The Labute approximate surface area is 236 Å². The van der Waals surface area contributed by atoms with Crippen LogP contribution in [0.5, 0.6) is 11.6 Å². The summed E-state index contributed by atoms with van der Waals surface area (Å²) in [7, 11) is 0. The molecule has 4 heterocycles. The Bertz CT molecular complexity index is 1260. The van der Waals surface area contributed by atoms with Crippen molar-refractivity contribution in [1.82, 2.24) is 25.2 Å². The van der Waals surface area contributed by atoms with Gasteiger partial charge in [-0.2, -0.15) is 0 Å². The van der Waals surface area contributed by atoms with E-state index in [1.54, 1.807) is 18.5 Å². The molecule has 2 fully saturated rings. The maximum absolute atomic E-state index is 10.8. The van der Waals surface area contributed by atoms with Crippen molar-refractivity contribution in [1.29, 1.82) is 0 Å². The van der Waals surface area contributed by atoms with Gasteiger partial charge < -0.3 is 24.8 Å². The van der Waals surface area contributed by atoms with Gasteiger partial charge >= 0.3 is 5.97 Å². The lowest BCUT2D eigenvalue weighted by molar-refractivity contribution is -0.145. The van der Waals surface area contributed by atoms with E-state index in [0.29, 0.717) is 39.9 Å². The Kier molecular flexibility index (Phi) is 9.10. The van der Waals surface area contributed by atoms with E-state index in [2.05, 4.69) is 25.1 Å². The summed E-state index contributed by atoms with van der Waals surface area (Å²) in [6.07, 6.45) is 4.83. The standard InChI is InChI=1S/C27H30Cl2N6O4/c28-20-11-19(12-21(29)13-20)24-9-18(16-34-5-1-22(2-6-34)38-17-26(36)37)10-25(33-24)39-23-14-31-27(32-15-23)35-7-3-30-4-8-35/h9-15,22,30H,1-8,16-17H2,(H,36,37). The molecule has 0 aliphatic carbocycles. The summed E-state index contributed by atoms with van der Waals surface area (Å²) in [5, 5.41) is 13.2. The highest BCUT2D eigenvalue weighted by Crippen LogP contribution is 2.30. The number of nitrogens with zero attached hydrogens (tertiary/aromatic N) is 5. The zero-order valence-electron chi connectivity index (χ0n) is 21.4.